The van der Waals surface area contributed by atoms with Crippen LogP contribution in [-0.4, -0.2) is 75.1 Å². The number of esters is 1. The zero-order valence-corrected chi connectivity index (χ0v) is 26.4. The molecule has 0 aliphatic heterocycles. The normalized spacial score (nSPS) is 11.6. The van der Waals surface area contributed by atoms with Crippen molar-refractivity contribution >= 4 is 61.7 Å². The number of unbranched alkanes of at least 4 members (excludes halogenated alkanes) is 1. The smallest absolute Gasteiger partial charge is 0.326 e. The highest BCUT2D eigenvalue weighted by molar-refractivity contribution is 7.92. The van der Waals surface area contributed by atoms with Crippen LogP contribution in [0.15, 0.2) is 71.9 Å². The number of halogens is 2. The minimum Gasteiger partial charge on any atom is -0.464 e. The molecule has 228 valence electrons. The molecule has 2 aromatic heterocycles. The van der Waals surface area contributed by atoms with Gasteiger partial charge in [0.25, 0.3) is 15.9 Å². The van der Waals surface area contributed by atoms with Gasteiger partial charge in [-0.25, -0.2) is 13.4 Å². The highest BCUT2D eigenvalue weighted by Crippen LogP contribution is 2.31. The zero-order chi connectivity index (χ0) is 31.1. The van der Waals surface area contributed by atoms with Crippen LogP contribution in [0.1, 0.15) is 30.1 Å². The number of carbonyl (C=O) groups is 2. The van der Waals surface area contributed by atoms with Crippen LogP contribution in [0, 0.1) is 0 Å². The van der Waals surface area contributed by atoms with Crippen LogP contribution in [0.2, 0.25) is 10.0 Å². The lowest BCUT2D eigenvalue weighted by Crippen LogP contribution is -2.36. The number of anilines is 1. The quantitative estimate of drug-likeness (QED) is 0.158. The number of sulfonamides is 1. The zero-order valence-electron chi connectivity index (χ0n) is 24.1. The Morgan fingerprint density at radius 3 is 2.47 bits per heavy atom. The summed E-state index contributed by atoms with van der Waals surface area (Å²) in [7, 11) is -0.409. The van der Waals surface area contributed by atoms with E-state index < -0.39 is 22.5 Å². The third-order valence-corrected chi connectivity index (χ3v) is 8.71. The minimum absolute atomic E-state index is 0.144. The lowest BCUT2D eigenvalue weighted by Gasteiger charge is -2.24. The Morgan fingerprint density at radius 1 is 1.02 bits per heavy atom. The number of hydrogen-bond donors (Lipinski definition) is 1. The van der Waals surface area contributed by atoms with Crippen LogP contribution in [0.5, 0.6) is 0 Å². The maximum atomic E-state index is 13.8. The molecule has 0 saturated carbocycles. The van der Waals surface area contributed by atoms with Crippen molar-refractivity contribution in [2.75, 3.05) is 44.6 Å². The molecule has 43 heavy (non-hydrogen) atoms. The monoisotopic (exact) mass is 645 g/mol. The van der Waals surface area contributed by atoms with E-state index in [9.17, 15) is 18.0 Å². The first-order valence-electron chi connectivity index (χ1n) is 13.6. The first-order chi connectivity index (χ1) is 20.5. The van der Waals surface area contributed by atoms with Crippen LogP contribution in [0.4, 0.5) is 5.69 Å². The van der Waals surface area contributed by atoms with Gasteiger partial charge in [0.05, 0.1) is 22.7 Å². The van der Waals surface area contributed by atoms with E-state index in [-0.39, 0.29) is 33.1 Å². The average molecular weight is 647 g/mol. The van der Waals surface area contributed by atoms with Crippen LogP contribution < -0.4 is 9.62 Å². The molecule has 0 saturated heterocycles. The van der Waals surface area contributed by atoms with Gasteiger partial charge >= 0.3 is 5.97 Å². The molecule has 0 unspecified atom stereocenters. The van der Waals surface area contributed by atoms with Crippen molar-refractivity contribution < 1.29 is 22.7 Å². The molecule has 10 nitrogen and oxygen atoms in total. The number of nitrogens with one attached hydrogen (secondary N) is 1. The Morgan fingerprint density at radius 2 is 1.77 bits per heavy atom. The topological polar surface area (TPSA) is 114 Å². The maximum Gasteiger partial charge on any atom is 0.326 e. The Kier molecular flexibility index (Phi) is 10.7. The van der Waals surface area contributed by atoms with E-state index in [4.69, 9.17) is 27.9 Å². The molecule has 0 fully saturated rings. The molecule has 0 radical (unpaired) electrons. The van der Waals surface area contributed by atoms with Crippen LogP contribution in [0.25, 0.3) is 16.7 Å². The van der Waals surface area contributed by atoms with Gasteiger partial charge in [-0.05, 0) is 75.1 Å². The summed E-state index contributed by atoms with van der Waals surface area (Å²) >= 11 is 12.2. The molecule has 0 bridgehead atoms. The fourth-order valence-corrected chi connectivity index (χ4v) is 6.41. The summed E-state index contributed by atoms with van der Waals surface area (Å²) in [6.45, 7) is 2.82. The molecule has 1 amide bonds. The highest BCUT2D eigenvalue weighted by atomic mass is 35.5. The van der Waals surface area contributed by atoms with E-state index in [0.717, 1.165) is 16.2 Å². The minimum atomic E-state index is -4.27. The fourth-order valence-electron chi connectivity index (χ4n) is 4.28. The summed E-state index contributed by atoms with van der Waals surface area (Å²) in [4.78, 5) is 31.6. The second kappa shape index (κ2) is 14.2. The molecule has 1 N–H and O–H groups in total. The van der Waals surface area contributed by atoms with Crippen molar-refractivity contribution in [3.8, 4) is 5.82 Å². The molecule has 0 aliphatic carbocycles. The first kappa shape index (κ1) is 32.3. The van der Waals surface area contributed by atoms with Crippen molar-refractivity contribution in [1.82, 2.24) is 19.8 Å². The number of nitrogens with zero attached hydrogens (tertiary/aromatic N) is 4. The number of fused-ring (bicyclic) bond motifs is 1. The molecule has 2 aromatic carbocycles. The summed E-state index contributed by atoms with van der Waals surface area (Å²) in [5, 5.41) is 3.86. The van der Waals surface area contributed by atoms with Crippen molar-refractivity contribution in [1.29, 1.82) is 0 Å². The van der Waals surface area contributed by atoms with E-state index in [1.54, 1.807) is 53.4 Å². The van der Waals surface area contributed by atoms with Gasteiger partial charge in [0.15, 0.2) is 0 Å². The van der Waals surface area contributed by atoms with Gasteiger partial charge in [0, 0.05) is 46.5 Å². The molecule has 4 rings (SSSR count). The van der Waals surface area contributed by atoms with Gasteiger partial charge in [-0.1, -0.05) is 36.5 Å². The van der Waals surface area contributed by atoms with Crippen molar-refractivity contribution in [2.24, 2.45) is 0 Å². The van der Waals surface area contributed by atoms with E-state index in [2.05, 4.69) is 10.3 Å². The number of benzene rings is 2. The molecule has 2 heterocycles. The number of rotatable bonds is 13. The van der Waals surface area contributed by atoms with Crippen LogP contribution in [-0.2, 0) is 19.6 Å². The average Bonchev–Trinajstić information content (AvgIpc) is 3.38. The van der Waals surface area contributed by atoms with E-state index in [1.807, 2.05) is 25.9 Å². The number of amides is 1. The third-order valence-electron chi connectivity index (χ3n) is 6.52. The SMILES string of the molecule is CCCCOC(=O)CN(c1ccc2c(ccn2-c2cc(C(=O)NCCN(C)C)ccn2)c1)S(=O)(=O)c1cc(Cl)cc(Cl)c1. The predicted molar refractivity (Wildman–Crippen MR) is 169 cm³/mol. The Balaban J connectivity index is 1.68. The molecular weight excluding hydrogens is 613 g/mol. The van der Waals surface area contributed by atoms with Crippen molar-refractivity contribution in [3.05, 3.63) is 82.6 Å². The number of ether oxygens (including phenoxy) is 1. The second-order valence-electron chi connectivity index (χ2n) is 10.1. The van der Waals surface area contributed by atoms with Gasteiger partial charge in [-0.3, -0.25) is 13.9 Å². The fraction of sp³-hybridized carbons (Fsp3) is 0.300. The molecule has 0 aliphatic rings. The number of pyridine rings is 1. The van der Waals surface area contributed by atoms with Crippen LogP contribution >= 0.6 is 23.2 Å². The Bertz CT molecular complexity index is 1700. The maximum absolute atomic E-state index is 13.8. The van der Waals surface area contributed by atoms with E-state index in [0.29, 0.717) is 36.3 Å². The molecule has 4 aromatic rings. The van der Waals surface area contributed by atoms with Crippen molar-refractivity contribution in [3.63, 3.8) is 0 Å². The van der Waals surface area contributed by atoms with E-state index in [1.165, 1.54) is 18.2 Å². The van der Waals surface area contributed by atoms with Gasteiger partial charge in [-0.15, -0.1) is 0 Å². The number of aromatic nitrogens is 2. The number of hydrogen-bond acceptors (Lipinski definition) is 7. The summed E-state index contributed by atoms with van der Waals surface area (Å²) < 4.78 is 35.7. The lowest BCUT2D eigenvalue weighted by atomic mass is 10.2. The molecule has 13 heteroatoms. The standard InChI is InChI=1S/C30H33Cl2N5O5S/c1-4-5-14-42-29(38)20-37(43(40,41)26-18-23(31)17-24(32)19-26)25-6-7-27-21(15-25)9-12-36(27)28-16-22(8-10-33-28)30(39)34-11-13-35(2)3/h6-10,12,15-19H,4-5,11,13-14,20H2,1-3H3,(H,34,39). The van der Waals surface area contributed by atoms with Crippen molar-refractivity contribution in [2.45, 2.75) is 24.7 Å². The van der Waals surface area contributed by atoms with Crippen LogP contribution in [0.3, 0.4) is 0 Å². The molecular formula is C30H33Cl2N5O5S. The summed E-state index contributed by atoms with van der Waals surface area (Å²) in [5.74, 6) is -0.384. The van der Waals surface area contributed by atoms with Gasteiger partial charge in [0.1, 0.15) is 12.4 Å². The van der Waals surface area contributed by atoms with E-state index >= 15 is 0 Å². The van der Waals surface area contributed by atoms with Gasteiger partial charge in [0.2, 0.25) is 0 Å². The first-order valence-corrected chi connectivity index (χ1v) is 15.8. The Hall–Kier alpha value is -3.64. The molecule has 0 spiro atoms. The molecule has 0 atom stereocenters. The summed E-state index contributed by atoms with van der Waals surface area (Å²) in [6, 6.07) is 14.1. The summed E-state index contributed by atoms with van der Waals surface area (Å²) in [6.07, 6.45) is 4.82. The summed E-state index contributed by atoms with van der Waals surface area (Å²) in [5.41, 5.74) is 1.42. The highest BCUT2D eigenvalue weighted by Gasteiger charge is 2.29. The third kappa shape index (κ3) is 8.05. The van der Waals surface area contributed by atoms with Gasteiger partial charge < -0.3 is 19.5 Å². The largest absolute Gasteiger partial charge is 0.464 e. The number of likely N-dealkylation sites (N-methyl/N-ethyl adjacent to an activating group) is 1. The van der Waals surface area contributed by atoms with Gasteiger partial charge in [-0.2, -0.15) is 0 Å². The Labute approximate surface area is 261 Å². The number of carbonyl (C=O) groups excluding carboxylic acids is 2. The lowest BCUT2D eigenvalue weighted by molar-refractivity contribution is -0.141. The second-order valence-corrected chi connectivity index (χ2v) is 12.8. The predicted octanol–water partition coefficient (Wildman–Crippen LogP) is 5.16.